The van der Waals surface area contributed by atoms with Crippen LogP contribution in [0, 0.1) is 0 Å². The second-order valence-electron chi connectivity index (χ2n) is 13.8. The van der Waals surface area contributed by atoms with Crippen LogP contribution in [0.15, 0.2) is 182 Å². The van der Waals surface area contributed by atoms with Crippen LogP contribution < -0.4 is 0 Å². The molecule has 0 atom stereocenters. The van der Waals surface area contributed by atoms with E-state index in [4.69, 9.17) is 0 Å². The molecular formula is C49H36. The van der Waals surface area contributed by atoms with E-state index in [1.165, 1.54) is 88.7 Å². The van der Waals surface area contributed by atoms with Crippen LogP contribution in [-0.4, -0.2) is 0 Å². The molecule has 0 nitrogen and oxygen atoms in total. The Morgan fingerprint density at radius 3 is 1.37 bits per heavy atom. The van der Waals surface area contributed by atoms with Gasteiger partial charge in [0.05, 0.1) is 0 Å². The summed E-state index contributed by atoms with van der Waals surface area (Å²) in [6.45, 7) is 4.69. The highest BCUT2D eigenvalue weighted by atomic mass is 14.4. The summed E-state index contributed by atoms with van der Waals surface area (Å²) in [6.07, 6.45) is 0. The van der Waals surface area contributed by atoms with Crippen LogP contribution in [0.2, 0.25) is 0 Å². The van der Waals surface area contributed by atoms with Gasteiger partial charge in [-0.15, -0.1) is 0 Å². The summed E-state index contributed by atoms with van der Waals surface area (Å²) in [5.74, 6) is 0. The maximum Gasteiger partial charge on any atom is 0.0159 e. The molecule has 8 aromatic rings. The zero-order valence-electron chi connectivity index (χ0n) is 27.8. The largest absolute Gasteiger partial charge is 0.0619 e. The Morgan fingerprint density at radius 1 is 0.286 bits per heavy atom. The third kappa shape index (κ3) is 5.09. The van der Waals surface area contributed by atoms with Crippen molar-refractivity contribution >= 4 is 10.8 Å². The molecule has 9 rings (SSSR count). The normalized spacial score (nSPS) is 12.9. The molecular weight excluding hydrogens is 589 g/mol. The number of fused-ring (bicyclic) bond motifs is 4. The highest BCUT2D eigenvalue weighted by Crippen LogP contribution is 2.49. The van der Waals surface area contributed by atoms with Crippen molar-refractivity contribution in [2.75, 3.05) is 0 Å². The van der Waals surface area contributed by atoms with Gasteiger partial charge in [-0.2, -0.15) is 0 Å². The summed E-state index contributed by atoms with van der Waals surface area (Å²) in [5, 5.41) is 2.55. The van der Waals surface area contributed by atoms with Gasteiger partial charge in [-0.05, 0) is 113 Å². The monoisotopic (exact) mass is 624 g/mol. The minimum absolute atomic E-state index is 0.0127. The summed E-state index contributed by atoms with van der Waals surface area (Å²) in [6, 6.07) is 66.8. The predicted octanol–water partition coefficient (Wildman–Crippen LogP) is 13.5. The van der Waals surface area contributed by atoms with Crippen LogP contribution in [-0.2, 0) is 5.41 Å². The molecule has 232 valence electrons. The molecule has 0 amide bonds. The van der Waals surface area contributed by atoms with Crippen molar-refractivity contribution in [2.45, 2.75) is 19.3 Å². The molecule has 0 saturated carbocycles. The van der Waals surface area contributed by atoms with Crippen LogP contribution in [0.25, 0.3) is 77.5 Å². The zero-order valence-corrected chi connectivity index (χ0v) is 27.8. The summed E-state index contributed by atoms with van der Waals surface area (Å²) >= 11 is 0. The van der Waals surface area contributed by atoms with Crippen molar-refractivity contribution in [3.8, 4) is 66.8 Å². The lowest BCUT2D eigenvalue weighted by Gasteiger charge is -2.22. The third-order valence-electron chi connectivity index (χ3n) is 10.5. The maximum atomic E-state index is 2.41. The van der Waals surface area contributed by atoms with Crippen molar-refractivity contribution < 1.29 is 0 Å². The van der Waals surface area contributed by atoms with E-state index in [2.05, 4.69) is 196 Å². The lowest BCUT2D eigenvalue weighted by Crippen LogP contribution is -2.14. The van der Waals surface area contributed by atoms with E-state index < -0.39 is 0 Å². The molecule has 0 heterocycles. The lowest BCUT2D eigenvalue weighted by atomic mass is 9.81. The van der Waals surface area contributed by atoms with Gasteiger partial charge in [-0.3, -0.25) is 0 Å². The minimum Gasteiger partial charge on any atom is -0.0619 e. The van der Waals surface area contributed by atoms with E-state index in [-0.39, 0.29) is 5.41 Å². The molecule has 0 aromatic heterocycles. The van der Waals surface area contributed by atoms with E-state index in [0.717, 1.165) is 0 Å². The molecule has 0 aliphatic heterocycles. The van der Waals surface area contributed by atoms with Gasteiger partial charge in [-0.25, -0.2) is 0 Å². The second kappa shape index (κ2) is 11.6. The van der Waals surface area contributed by atoms with Gasteiger partial charge < -0.3 is 0 Å². The Bertz CT molecular complexity index is 2510. The first-order valence-electron chi connectivity index (χ1n) is 17.2. The summed E-state index contributed by atoms with van der Waals surface area (Å²) < 4.78 is 0. The van der Waals surface area contributed by atoms with Crippen molar-refractivity contribution in [1.82, 2.24) is 0 Å². The molecule has 0 heteroatoms. The highest BCUT2D eigenvalue weighted by molar-refractivity contribution is 5.97. The predicted molar refractivity (Wildman–Crippen MR) is 209 cm³/mol. The molecule has 1 aliphatic rings. The van der Waals surface area contributed by atoms with Gasteiger partial charge in [0, 0.05) is 5.41 Å². The van der Waals surface area contributed by atoms with Crippen molar-refractivity contribution in [3.05, 3.63) is 193 Å². The molecule has 1 aliphatic carbocycles. The van der Waals surface area contributed by atoms with E-state index >= 15 is 0 Å². The van der Waals surface area contributed by atoms with Gasteiger partial charge in [0.2, 0.25) is 0 Å². The van der Waals surface area contributed by atoms with E-state index in [1.807, 2.05) is 0 Å². The van der Waals surface area contributed by atoms with Gasteiger partial charge in [0.25, 0.3) is 0 Å². The highest BCUT2D eigenvalue weighted by Gasteiger charge is 2.35. The first-order valence-corrected chi connectivity index (χ1v) is 17.2. The van der Waals surface area contributed by atoms with E-state index in [1.54, 1.807) is 0 Å². The quantitative estimate of drug-likeness (QED) is 0.179. The van der Waals surface area contributed by atoms with E-state index in [0.29, 0.717) is 0 Å². The Balaban J connectivity index is 1.01. The number of hydrogen-bond donors (Lipinski definition) is 0. The SMILES string of the molecule is CC1(C)c2ccccc2-c2ccc(-c3cccc(-c4cccc(-c5cccc(-c6ccc(-c7cccc8ccccc78)cc6)c5)c4)c3)cc21. The zero-order chi connectivity index (χ0) is 33.0. The summed E-state index contributed by atoms with van der Waals surface area (Å²) in [5.41, 5.74) is 17.8. The average molecular weight is 625 g/mol. The van der Waals surface area contributed by atoms with Crippen LogP contribution in [0.4, 0.5) is 0 Å². The van der Waals surface area contributed by atoms with Crippen LogP contribution >= 0.6 is 0 Å². The first-order chi connectivity index (χ1) is 24.0. The fourth-order valence-electron chi connectivity index (χ4n) is 7.84. The molecule has 0 N–H and O–H groups in total. The van der Waals surface area contributed by atoms with Crippen molar-refractivity contribution in [1.29, 1.82) is 0 Å². The Labute approximate surface area is 289 Å². The summed E-state index contributed by atoms with van der Waals surface area (Å²) in [4.78, 5) is 0. The standard InChI is InChI=1S/C49H36/c1-49(2)47-22-6-5-20-45(47)46-28-27-42(32-48(46)49)41-18-9-17-40(31-41)39-16-8-15-38(30-39)37-14-7-13-36(29-37)33-23-25-35(26-24-33)44-21-10-12-34-11-3-4-19-43(34)44/h3-32H,1-2H3. The molecule has 8 aromatic carbocycles. The molecule has 0 bridgehead atoms. The fraction of sp³-hybridized carbons (Fsp3) is 0.0612. The molecule has 0 saturated heterocycles. The van der Waals surface area contributed by atoms with Gasteiger partial charge in [0.1, 0.15) is 0 Å². The van der Waals surface area contributed by atoms with Crippen molar-refractivity contribution in [2.24, 2.45) is 0 Å². The topological polar surface area (TPSA) is 0 Å². The molecule has 49 heavy (non-hydrogen) atoms. The fourth-order valence-corrected chi connectivity index (χ4v) is 7.84. The Hall–Kier alpha value is -5.98. The van der Waals surface area contributed by atoms with Gasteiger partial charge in [-0.1, -0.05) is 172 Å². The number of benzene rings is 8. The number of hydrogen-bond acceptors (Lipinski definition) is 0. The van der Waals surface area contributed by atoms with Crippen molar-refractivity contribution in [3.63, 3.8) is 0 Å². The Morgan fingerprint density at radius 2 is 0.714 bits per heavy atom. The van der Waals surface area contributed by atoms with Gasteiger partial charge in [0.15, 0.2) is 0 Å². The van der Waals surface area contributed by atoms with Crippen LogP contribution in [0.5, 0.6) is 0 Å². The maximum absolute atomic E-state index is 2.41. The molecule has 0 radical (unpaired) electrons. The number of rotatable bonds is 5. The smallest absolute Gasteiger partial charge is 0.0159 e. The minimum atomic E-state index is -0.0127. The average Bonchev–Trinajstić information content (AvgIpc) is 3.40. The molecule has 0 spiro atoms. The first kappa shape index (κ1) is 29.2. The van der Waals surface area contributed by atoms with Crippen LogP contribution in [0.3, 0.4) is 0 Å². The Kier molecular flexibility index (Phi) is 6.92. The third-order valence-corrected chi connectivity index (χ3v) is 10.5. The molecule has 0 unspecified atom stereocenters. The lowest BCUT2D eigenvalue weighted by molar-refractivity contribution is 0.660. The van der Waals surface area contributed by atoms with E-state index in [9.17, 15) is 0 Å². The molecule has 0 fully saturated rings. The van der Waals surface area contributed by atoms with Crippen LogP contribution in [0.1, 0.15) is 25.0 Å². The van der Waals surface area contributed by atoms with Gasteiger partial charge >= 0.3 is 0 Å². The summed E-state index contributed by atoms with van der Waals surface area (Å²) in [7, 11) is 0. The second-order valence-corrected chi connectivity index (χ2v) is 13.8.